The predicted molar refractivity (Wildman–Crippen MR) is 75.7 cm³/mol. The van der Waals surface area contributed by atoms with Crippen LogP contribution >= 0.6 is 11.3 Å². The first-order valence-electron chi connectivity index (χ1n) is 5.98. The Kier molecular flexibility index (Phi) is 3.97. The highest BCUT2D eigenvalue weighted by Gasteiger charge is 2.14. The van der Waals surface area contributed by atoms with Gasteiger partial charge in [0.2, 0.25) is 0 Å². The minimum absolute atomic E-state index is 0.419. The van der Waals surface area contributed by atoms with Gasteiger partial charge < -0.3 is 5.32 Å². The van der Waals surface area contributed by atoms with Crippen LogP contribution in [-0.2, 0) is 6.42 Å². The second-order valence-corrected chi connectivity index (χ2v) is 5.52. The van der Waals surface area contributed by atoms with Crippen molar-refractivity contribution in [1.82, 2.24) is 5.32 Å². The highest BCUT2D eigenvalue weighted by atomic mass is 32.1. The number of nitrogens with one attached hydrogen (secondary N) is 1. The van der Waals surface area contributed by atoms with Crippen molar-refractivity contribution < 1.29 is 0 Å². The van der Waals surface area contributed by atoms with Gasteiger partial charge in [0.05, 0.1) is 0 Å². The molecule has 0 fully saturated rings. The molecule has 1 aromatic carbocycles. The summed E-state index contributed by atoms with van der Waals surface area (Å²) in [6.07, 6.45) is 1.06. The molecule has 0 saturated carbocycles. The Hall–Kier alpha value is -1.12. The summed E-state index contributed by atoms with van der Waals surface area (Å²) in [4.78, 5) is 1.41. The molecule has 1 atom stereocenters. The van der Waals surface area contributed by atoms with Crippen LogP contribution in [0.25, 0.3) is 0 Å². The topological polar surface area (TPSA) is 12.0 Å². The zero-order valence-electron chi connectivity index (χ0n) is 10.7. The van der Waals surface area contributed by atoms with Gasteiger partial charge in [0.15, 0.2) is 0 Å². The summed E-state index contributed by atoms with van der Waals surface area (Å²) >= 11 is 1.82. The van der Waals surface area contributed by atoms with E-state index < -0.39 is 0 Å². The molecule has 90 valence electrons. The number of hydrogen-bond acceptors (Lipinski definition) is 2. The number of rotatable bonds is 4. The van der Waals surface area contributed by atoms with E-state index >= 15 is 0 Å². The van der Waals surface area contributed by atoms with Gasteiger partial charge in [-0.2, -0.15) is 0 Å². The van der Waals surface area contributed by atoms with E-state index in [2.05, 4.69) is 54.9 Å². The fourth-order valence-electron chi connectivity index (χ4n) is 2.18. The Balaban J connectivity index is 2.22. The van der Waals surface area contributed by atoms with Gasteiger partial charge in [-0.1, -0.05) is 24.3 Å². The number of hydrogen-bond donors (Lipinski definition) is 1. The molecule has 2 heteroatoms. The van der Waals surface area contributed by atoms with Crippen LogP contribution in [0.4, 0.5) is 0 Å². The maximum atomic E-state index is 3.43. The van der Waals surface area contributed by atoms with E-state index in [4.69, 9.17) is 0 Å². The second-order valence-electron chi connectivity index (χ2n) is 4.40. The molecule has 17 heavy (non-hydrogen) atoms. The maximum Gasteiger partial charge on any atom is 0.0369 e. The molecular formula is C15H19NS. The van der Waals surface area contributed by atoms with Crippen molar-refractivity contribution in [3.63, 3.8) is 0 Å². The predicted octanol–water partition coefficient (Wildman–Crippen LogP) is 3.87. The smallest absolute Gasteiger partial charge is 0.0369 e. The van der Waals surface area contributed by atoms with Crippen LogP contribution in [0, 0.1) is 13.8 Å². The number of benzene rings is 1. The zero-order chi connectivity index (χ0) is 12.3. The lowest BCUT2D eigenvalue weighted by Gasteiger charge is -2.17. The highest BCUT2D eigenvalue weighted by Crippen LogP contribution is 2.26. The SMILES string of the molecule is CNC(Cc1ccccc1C)c1ccsc1C. The summed E-state index contributed by atoms with van der Waals surface area (Å²) in [5.41, 5.74) is 4.24. The third-order valence-corrected chi connectivity index (χ3v) is 4.17. The van der Waals surface area contributed by atoms with Gasteiger partial charge in [0.25, 0.3) is 0 Å². The Morgan fingerprint density at radius 1 is 1.18 bits per heavy atom. The quantitative estimate of drug-likeness (QED) is 0.862. The molecule has 1 nitrogen and oxygen atoms in total. The Bertz CT molecular complexity index is 487. The standard InChI is InChI=1S/C15H19NS/c1-11-6-4-5-7-13(11)10-15(16-3)14-8-9-17-12(14)2/h4-9,15-16H,10H2,1-3H3. The van der Waals surface area contributed by atoms with Gasteiger partial charge in [-0.3, -0.25) is 0 Å². The molecule has 2 rings (SSSR count). The average molecular weight is 245 g/mol. The van der Waals surface area contributed by atoms with Crippen LogP contribution in [0.3, 0.4) is 0 Å². The fourth-order valence-corrected chi connectivity index (χ4v) is 2.95. The summed E-state index contributed by atoms with van der Waals surface area (Å²) in [5, 5.41) is 5.60. The molecule has 2 aromatic rings. The molecule has 0 radical (unpaired) electrons. The highest BCUT2D eigenvalue weighted by molar-refractivity contribution is 7.10. The van der Waals surface area contributed by atoms with Crippen molar-refractivity contribution in [3.8, 4) is 0 Å². The van der Waals surface area contributed by atoms with Crippen molar-refractivity contribution in [2.45, 2.75) is 26.3 Å². The minimum atomic E-state index is 0.419. The first-order chi connectivity index (χ1) is 8.22. The van der Waals surface area contributed by atoms with Crippen molar-refractivity contribution in [2.24, 2.45) is 0 Å². The molecule has 1 aromatic heterocycles. The molecule has 0 saturated heterocycles. The molecular weight excluding hydrogens is 226 g/mol. The van der Waals surface area contributed by atoms with Crippen LogP contribution in [0.2, 0.25) is 0 Å². The average Bonchev–Trinajstić information content (AvgIpc) is 2.75. The monoisotopic (exact) mass is 245 g/mol. The first-order valence-corrected chi connectivity index (χ1v) is 6.86. The van der Waals surface area contributed by atoms with Crippen LogP contribution in [0.5, 0.6) is 0 Å². The van der Waals surface area contributed by atoms with Gasteiger partial charge in [0, 0.05) is 10.9 Å². The molecule has 0 bridgehead atoms. The molecule has 1 N–H and O–H groups in total. The minimum Gasteiger partial charge on any atom is -0.313 e. The van der Waals surface area contributed by atoms with Crippen molar-refractivity contribution >= 4 is 11.3 Å². The number of aryl methyl sites for hydroxylation is 2. The number of thiophene rings is 1. The van der Waals surface area contributed by atoms with Gasteiger partial charge in [-0.15, -0.1) is 11.3 Å². The van der Waals surface area contributed by atoms with Crippen molar-refractivity contribution in [3.05, 3.63) is 57.3 Å². The van der Waals surface area contributed by atoms with Gasteiger partial charge >= 0.3 is 0 Å². The lowest BCUT2D eigenvalue weighted by molar-refractivity contribution is 0.590. The lowest BCUT2D eigenvalue weighted by Crippen LogP contribution is -2.19. The molecule has 0 spiro atoms. The Morgan fingerprint density at radius 2 is 1.94 bits per heavy atom. The molecule has 0 amide bonds. The van der Waals surface area contributed by atoms with E-state index in [0.29, 0.717) is 6.04 Å². The molecule has 0 aliphatic rings. The van der Waals surface area contributed by atoms with Gasteiger partial charge in [-0.05, 0) is 55.5 Å². The van der Waals surface area contributed by atoms with Crippen LogP contribution in [0.1, 0.15) is 27.6 Å². The summed E-state index contributed by atoms with van der Waals surface area (Å²) in [7, 11) is 2.04. The Morgan fingerprint density at radius 3 is 2.53 bits per heavy atom. The van der Waals surface area contributed by atoms with Gasteiger partial charge in [0.1, 0.15) is 0 Å². The normalized spacial score (nSPS) is 12.6. The third kappa shape index (κ3) is 2.76. The first kappa shape index (κ1) is 12.3. The second kappa shape index (κ2) is 5.48. The number of likely N-dealkylation sites (N-methyl/N-ethyl adjacent to an activating group) is 1. The molecule has 0 aliphatic carbocycles. The summed E-state index contributed by atoms with van der Waals surface area (Å²) in [6.45, 7) is 4.38. The van der Waals surface area contributed by atoms with E-state index in [1.165, 1.54) is 21.6 Å². The Labute approximate surface area is 108 Å². The van der Waals surface area contributed by atoms with Crippen LogP contribution < -0.4 is 5.32 Å². The third-order valence-electron chi connectivity index (χ3n) is 3.31. The van der Waals surface area contributed by atoms with Crippen LogP contribution in [0.15, 0.2) is 35.7 Å². The molecule has 1 heterocycles. The fraction of sp³-hybridized carbons (Fsp3) is 0.333. The van der Waals surface area contributed by atoms with E-state index in [1.807, 2.05) is 18.4 Å². The van der Waals surface area contributed by atoms with Crippen molar-refractivity contribution in [1.29, 1.82) is 0 Å². The summed E-state index contributed by atoms with van der Waals surface area (Å²) < 4.78 is 0. The van der Waals surface area contributed by atoms with E-state index in [0.717, 1.165) is 6.42 Å². The van der Waals surface area contributed by atoms with Gasteiger partial charge in [-0.25, -0.2) is 0 Å². The summed E-state index contributed by atoms with van der Waals surface area (Å²) in [5.74, 6) is 0. The molecule has 0 aliphatic heterocycles. The molecule has 1 unspecified atom stereocenters. The zero-order valence-corrected chi connectivity index (χ0v) is 11.5. The summed E-state index contributed by atoms with van der Waals surface area (Å²) in [6, 6.07) is 11.3. The van der Waals surface area contributed by atoms with E-state index in [9.17, 15) is 0 Å². The van der Waals surface area contributed by atoms with E-state index in [1.54, 1.807) is 0 Å². The largest absolute Gasteiger partial charge is 0.313 e. The van der Waals surface area contributed by atoms with E-state index in [-0.39, 0.29) is 0 Å². The van der Waals surface area contributed by atoms with Crippen LogP contribution in [-0.4, -0.2) is 7.05 Å². The lowest BCUT2D eigenvalue weighted by atomic mass is 9.97. The maximum absolute atomic E-state index is 3.43. The van der Waals surface area contributed by atoms with Crippen molar-refractivity contribution in [2.75, 3.05) is 7.05 Å².